The maximum Gasteiger partial charge on any atom is 0.00850 e. The van der Waals surface area contributed by atoms with Gasteiger partial charge in [-0.1, -0.05) is 0 Å². The highest BCUT2D eigenvalue weighted by atomic mass is 15.1. The molecule has 2 saturated heterocycles. The van der Waals surface area contributed by atoms with Crippen LogP contribution in [-0.4, -0.2) is 12.1 Å². The summed E-state index contributed by atoms with van der Waals surface area (Å²) in [6.45, 7) is 0. The average molecular weight is 83.1 g/mol. The van der Waals surface area contributed by atoms with E-state index in [1.165, 1.54) is 19.3 Å². The Morgan fingerprint density at radius 1 is 1.17 bits per heavy atom. The minimum absolute atomic E-state index is 0.940. The molecule has 0 radical (unpaired) electrons. The molecule has 2 heterocycles. The second-order valence-electron chi connectivity index (χ2n) is 2.37. The first-order chi connectivity index (χ1) is 2.95. The molecule has 0 aromatic carbocycles. The molecule has 2 aliphatic heterocycles. The van der Waals surface area contributed by atoms with Crippen molar-refractivity contribution in [1.29, 1.82) is 0 Å². The summed E-state index contributed by atoms with van der Waals surface area (Å²) in [6.07, 6.45) is 4.37. The molecule has 1 heteroatoms. The highest BCUT2D eigenvalue weighted by Crippen LogP contribution is 2.28. The van der Waals surface area contributed by atoms with E-state index in [0.717, 1.165) is 12.1 Å². The van der Waals surface area contributed by atoms with Crippen molar-refractivity contribution in [3.8, 4) is 0 Å². The van der Waals surface area contributed by atoms with Crippen molar-refractivity contribution in [3.63, 3.8) is 0 Å². The molecule has 1 saturated carbocycles. The monoisotopic (exact) mass is 83.1 g/mol. The third kappa shape index (κ3) is 0.207. The fraction of sp³-hybridized carbons (Fsp3) is 1.00. The van der Waals surface area contributed by atoms with Gasteiger partial charge in [0.2, 0.25) is 0 Å². The average Bonchev–Trinajstić information content (AvgIpc) is 1.72. The zero-order chi connectivity index (χ0) is 3.98. The summed E-state index contributed by atoms with van der Waals surface area (Å²) in [6, 6.07) is 1.88. The molecule has 2 bridgehead atoms. The molecule has 1 aliphatic carbocycles. The molecular weight excluding hydrogens is 74.1 g/mol. The van der Waals surface area contributed by atoms with E-state index in [9.17, 15) is 0 Å². The summed E-state index contributed by atoms with van der Waals surface area (Å²) < 4.78 is 0. The number of nitrogens with one attached hydrogen (secondary N) is 1. The van der Waals surface area contributed by atoms with Crippen molar-refractivity contribution in [2.24, 2.45) is 0 Å². The van der Waals surface area contributed by atoms with Crippen LogP contribution in [0.25, 0.3) is 0 Å². The number of fused-ring (bicyclic) bond motifs is 1. The predicted octanol–water partition coefficient (Wildman–Crippen LogP) is 0.511. The van der Waals surface area contributed by atoms with E-state index in [0.29, 0.717) is 0 Å². The topological polar surface area (TPSA) is 12.0 Å². The van der Waals surface area contributed by atoms with Crippen LogP contribution >= 0.6 is 0 Å². The van der Waals surface area contributed by atoms with Crippen LogP contribution in [0.4, 0.5) is 0 Å². The van der Waals surface area contributed by atoms with Crippen molar-refractivity contribution in [3.05, 3.63) is 0 Å². The summed E-state index contributed by atoms with van der Waals surface area (Å²) in [5.74, 6) is 0. The Hall–Kier alpha value is -0.0400. The van der Waals surface area contributed by atoms with Gasteiger partial charge in [-0.05, 0) is 19.3 Å². The Kier molecular flexibility index (Phi) is 0.396. The van der Waals surface area contributed by atoms with Crippen LogP contribution in [-0.2, 0) is 0 Å². The Morgan fingerprint density at radius 3 is 1.83 bits per heavy atom. The maximum atomic E-state index is 3.42. The van der Waals surface area contributed by atoms with Gasteiger partial charge in [-0.25, -0.2) is 0 Å². The minimum atomic E-state index is 0.940. The van der Waals surface area contributed by atoms with E-state index in [1.807, 2.05) is 0 Å². The van der Waals surface area contributed by atoms with Crippen molar-refractivity contribution in [2.75, 3.05) is 0 Å². The summed E-state index contributed by atoms with van der Waals surface area (Å²) in [7, 11) is 0. The summed E-state index contributed by atoms with van der Waals surface area (Å²) in [4.78, 5) is 0. The van der Waals surface area contributed by atoms with Crippen LogP contribution in [0.5, 0.6) is 0 Å². The lowest BCUT2D eigenvalue weighted by Crippen LogP contribution is -2.43. The van der Waals surface area contributed by atoms with E-state index in [-0.39, 0.29) is 0 Å². The fourth-order valence-corrected chi connectivity index (χ4v) is 1.46. The highest BCUT2D eigenvalue weighted by molar-refractivity contribution is 4.96. The first kappa shape index (κ1) is 3.03. The molecule has 1 nitrogen and oxygen atoms in total. The van der Waals surface area contributed by atoms with Gasteiger partial charge in [-0.2, -0.15) is 0 Å². The molecule has 2 atom stereocenters. The minimum Gasteiger partial charge on any atom is -0.311 e. The molecule has 3 rings (SSSR count). The fourth-order valence-electron chi connectivity index (χ4n) is 1.46. The summed E-state index contributed by atoms with van der Waals surface area (Å²) >= 11 is 0. The summed E-state index contributed by atoms with van der Waals surface area (Å²) in [5.41, 5.74) is 0. The van der Waals surface area contributed by atoms with E-state index in [1.54, 1.807) is 0 Å². The predicted molar refractivity (Wildman–Crippen MR) is 24.6 cm³/mol. The number of hydrogen-bond donors (Lipinski definition) is 1. The number of rotatable bonds is 0. The quantitative estimate of drug-likeness (QED) is 0.450. The lowest BCUT2D eigenvalue weighted by molar-refractivity contribution is 0.369. The maximum absolute atomic E-state index is 3.42. The molecule has 0 unspecified atom stereocenters. The van der Waals surface area contributed by atoms with Gasteiger partial charge in [0.15, 0.2) is 0 Å². The van der Waals surface area contributed by atoms with E-state index in [2.05, 4.69) is 5.32 Å². The molecule has 3 fully saturated rings. The molecule has 6 heavy (non-hydrogen) atoms. The SMILES string of the molecule is C1C[C@H]2C[C@@H]1N2. The zero-order valence-corrected chi connectivity index (χ0v) is 3.78. The van der Waals surface area contributed by atoms with Gasteiger partial charge in [0.05, 0.1) is 0 Å². The Labute approximate surface area is 37.7 Å². The molecule has 0 amide bonds. The number of hydrogen-bond acceptors (Lipinski definition) is 1. The van der Waals surface area contributed by atoms with Gasteiger partial charge in [0.1, 0.15) is 0 Å². The van der Waals surface area contributed by atoms with Gasteiger partial charge >= 0.3 is 0 Å². The molecular formula is C5H9N. The molecule has 0 aromatic rings. The van der Waals surface area contributed by atoms with Crippen LogP contribution in [0, 0.1) is 0 Å². The summed E-state index contributed by atoms with van der Waals surface area (Å²) in [5, 5.41) is 3.42. The van der Waals surface area contributed by atoms with Crippen molar-refractivity contribution >= 4 is 0 Å². The Balaban J connectivity index is 2.16. The molecule has 0 spiro atoms. The van der Waals surface area contributed by atoms with Crippen LogP contribution in [0.15, 0.2) is 0 Å². The Morgan fingerprint density at radius 2 is 1.67 bits per heavy atom. The van der Waals surface area contributed by atoms with Gasteiger partial charge in [-0.3, -0.25) is 0 Å². The third-order valence-corrected chi connectivity index (χ3v) is 1.90. The zero-order valence-electron chi connectivity index (χ0n) is 3.78. The standard InChI is InChI=1S/C5H9N/c1-2-5-3-4(1)6-5/h4-6H,1-3H2/t4-,5+. The molecule has 3 aliphatic rings. The molecule has 34 valence electrons. The lowest BCUT2D eigenvalue weighted by atomic mass is 10.1. The van der Waals surface area contributed by atoms with Crippen molar-refractivity contribution in [2.45, 2.75) is 31.3 Å². The van der Waals surface area contributed by atoms with Crippen molar-refractivity contribution in [1.82, 2.24) is 5.32 Å². The van der Waals surface area contributed by atoms with Crippen LogP contribution < -0.4 is 5.32 Å². The van der Waals surface area contributed by atoms with Crippen LogP contribution in [0.1, 0.15) is 19.3 Å². The largest absolute Gasteiger partial charge is 0.311 e. The van der Waals surface area contributed by atoms with Gasteiger partial charge in [0.25, 0.3) is 0 Å². The van der Waals surface area contributed by atoms with Gasteiger partial charge in [-0.15, -0.1) is 0 Å². The molecule has 0 aromatic heterocycles. The van der Waals surface area contributed by atoms with E-state index in [4.69, 9.17) is 0 Å². The first-order valence-electron chi connectivity index (χ1n) is 2.71. The Bertz CT molecular complexity index is 50.8. The second kappa shape index (κ2) is 0.784. The second-order valence-corrected chi connectivity index (χ2v) is 2.37. The smallest absolute Gasteiger partial charge is 0.00850 e. The van der Waals surface area contributed by atoms with Crippen molar-refractivity contribution < 1.29 is 0 Å². The lowest BCUT2D eigenvalue weighted by Gasteiger charge is -2.24. The van der Waals surface area contributed by atoms with Gasteiger partial charge in [0, 0.05) is 12.1 Å². The first-order valence-corrected chi connectivity index (χ1v) is 2.71. The highest BCUT2D eigenvalue weighted by Gasteiger charge is 2.34. The van der Waals surface area contributed by atoms with Crippen LogP contribution in [0.2, 0.25) is 0 Å². The molecule has 1 N–H and O–H groups in total. The van der Waals surface area contributed by atoms with Crippen LogP contribution in [0.3, 0.4) is 0 Å². The van der Waals surface area contributed by atoms with E-state index >= 15 is 0 Å². The normalized spacial score (nSPS) is 52.0. The van der Waals surface area contributed by atoms with Gasteiger partial charge < -0.3 is 5.32 Å². The van der Waals surface area contributed by atoms with E-state index < -0.39 is 0 Å². The third-order valence-electron chi connectivity index (χ3n) is 1.90.